The number of halogens is 1. The molecule has 98 valence electrons. The van der Waals surface area contributed by atoms with E-state index >= 15 is 0 Å². The lowest BCUT2D eigenvalue weighted by Crippen LogP contribution is -2.22. The van der Waals surface area contributed by atoms with Crippen LogP contribution in [0, 0.1) is 11.2 Å². The van der Waals surface area contributed by atoms with Gasteiger partial charge in [0.15, 0.2) is 5.84 Å². The molecule has 1 aromatic carbocycles. The number of nitrogens with zero attached hydrogens (tertiary/aromatic N) is 1. The molecule has 0 radical (unpaired) electrons. The molecule has 4 N–H and O–H groups in total. The summed E-state index contributed by atoms with van der Waals surface area (Å²) in [5.74, 6) is -0.460. The Morgan fingerprint density at radius 2 is 2.22 bits per heavy atom. The first-order valence-electron chi connectivity index (χ1n) is 6.00. The van der Waals surface area contributed by atoms with Crippen LogP contribution in [-0.4, -0.2) is 17.6 Å². The lowest BCUT2D eigenvalue weighted by molar-refractivity contribution is 0.318. The van der Waals surface area contributed by atoms with Gasteiger partial charge >= 0.3 is 0 Å². The Kier molecular flexibility index (Phi) is 3.52. The summed E-state index contributed by atoms with van der Waals surface area (Å²) in [5, 5.41) is 14.8. The Morgan fingerprint density at radius 3 is 2.83 bits per heavy atom. The van der Waals surface area contributed by atoms with Crippen LogP contribution in [0.25, 0.3) is 0 Å². The van der Waals surface area contributed by atoms with Gasteiger partial charge in [-0.1, -0.05) is 12.1 Å². The van der Waals surface area contributed by atoms with E-state index in [1.54, 1.807) is 6.07 Å². The molecule has 0 amide bonds. The molecule has 0 saturated heterocycles. The van der Waals surface area contributed by atoms with Crippen molar-refractivity contribution in [2.24, 2.45) is 16.3 Å². The van der Waals surface area contributed by atoms with Crippen LogP contribution >= 0.6 is 0 Å². The predicted octanol–water partition coefficient (Wildman–Crippen LogP) is 1.81. The highest BCUT2D eigenvalue weighted by molar-refractivity contribution is 5.97. The summed E-state index contributed by atoms with van der Waals surface area (Å²) in [5.41, 5.74) is 7.06. The van der Waals surface area contributed by atoms with Crippen molar-refractivity contribution in [1.29, 1.82) is 0 Å². The highest BCUT2D eigenvalue weighted by Crippen LogP contribution is 2.44. The third-order valence-electron chi connectivity index (χ3n) is 3.35. The number of hydrogen-bond acceptors (Lipinski definition) is 3. The van der Waals surface area contributed by atoms with Gasteiger partial charge in [0, 0.05) is 18.7 Å². The van der Waals surface area contributed by atoms with Crippen molar-refractivity contribution in [2.45, 2.75) is 26.3 Å². The Balaban J connectivity index is 2.01. The molecular formula is C13H18FN3O. The minimum absolute atomic E-state index is 0.0788. The van der Waals surface area contributed by atoms with E-state index in [9.17, 15) is 4.39 Å². The normalized spacial score (nSPS) is 17.8. The summed E-state index contributed by atoms with van der Waals surface area (Å²) < 4.78 is 13.4. The van der Waals surface area contributed by atoms with Crippen LogP contribution in [-0.2, 0) is 6.54 Å². The van der Waals surface area contributed by atoms with Gasteiger partial charge in [-0.05, 0) is 42.0 Å². The van der Waals surface area contributed by atoms with Gasteiger partial charge in [-0.3, -0.25) is 0 Å². The van der Waals surface area contributed by atoms with E-state index in [0.717, 1.165) is 12.1 Å². The second-order valence-corrected chi connectivity index (χ2v) is 5.25. The van der Waals surface area contributed by atoms with Crippen LogP contribution < -0.4 is 11.1 Å². The molecule has 18 heavy (non-hydrogen) atoms. The zero-order chi connectivity index (χ0) is 13.2. The monoisotopic (exact) mass is 251 g/mol. The fourth-order valence-electron chi connectivity index (χ4n) is 1.86. The minimum atomic E-state index is -0.381. The van der Waals surface area contributed by atoms with Gasteiger partial charge in [0.25, 0.3) is 0 Å². The SMILES string of the molecule is CC1(CNCc2cc(F)cc(/C(N)=N/O)c2)CC1. The highest BCUT2D eigenvalue weighted by Gasteiger charge is 2.36. The van der Waals surface area contributed by atoms with Crippen LogP contribution in [0.15, 0.2) is 23.4 Å². The Morgan fingerprint density at radius 1 is 1.50 bits per heavy atom. The van der Waals surface area contributed by atoms with E-state index in [1.165, 1.54) is 25.0 Å². The number of nitrogens with two attached hydrogens (primary N) is 1. The molecular weight excluding hydrogens is 233 g/mol. The zero-order valence-corrected chi connectivity index (χ0v) is 10.4. The minimum Gasteiger partial charge on any atom is -0.409 e. The van der Waals surface area contributed by atoms with Gasteiger partial charge < -0.3 is 16.3 Å². The van der Waals surface area contributed by atoms with E-state index in [-0.39, 0.29) is 11.7 Å². The van der Waals surface area contributed by atoms with Gasteiger partial charge in [-0.25, -0.2) is 4.39 Å². The molecule has 4 nitrogen and oxygen atoms in total. The van der Waals surface area contributed by atoms with Crippen LogP contribution in [0.2, 0.25) is 0 Å². The van der Waals surface area contributed by atoms with Crippen molar-refractivity contribution < 1.29 is 9.60 Å². The number of amidine groups is 1. The Bertz CT molecular complexity index is 469. The second kappa shape index (κ2) is 4.94. The lowest BCUT2D eigenvalue weighted by atomic mass is 10.1. The molecule has 0 aromatic heterocycles. The maximum atomic E-state index is 13.4. The van der Waals surface area contributed by atoms with Crippen molar-refractivity contribution in [2.75, 3.05) is 6.54 Å². The average molecular weight is 251 g/mol. The summed E-state index contributed by atoms with van der Waals surface area (Å²) in [4.78, 5) is 0. The average Bonchev–Trinajstić information content (AvgIpc) is 3.05. The van der Waals surface area contributed by atoms with Gasteiger partial charge in [0.2, 0.25) is 0 Å². The van der Waals surface area contributed by atoms with Crippen molar-refractivity contribution in [3.05, 3.63) is 35.1 Å². The first-order valence-corrected chi connectivity index (χ1v) is 6.00. The summed E-state index contributed by atoms with van der Waals surface area (Å²) in [6.45, 7) is 3.74. The fourth-order valence-corrected chi connectivity index (χ4v) is 1.86. The molecule has 0 spiro atoms. The van der Waals surface area contributed by atoms with Crippen molar-refractivity contribution in [3.8, 4) is 0 Å². The third-order valence-corrected chi connectivity index (χ3v) is 3.35. The van der Waals surface area contributed by atoms with E-state index < -0.39 is 0 Å². The highest BCUT2D eigenvalue weighted by atomic mass is 19.1. The van der Waals surface area contributed by atoms with Crippen molar-refractivity contribution >= 4 is 5.84 Å². The van der Waals surface area contributed by atoms with Crippen LogP contribution in [0.1, 0.15) is 30.9 Å². The summed E-state index contributed by atoms with van der Waals surface area (Å²) in [7, 11) is 0. The number of rotatable bonds is 5. The summed E-state index contributed by atoms with van der Waals surface area (Å²) >= 11 is 0. The van der Waals surface area contributed by atoms with Gasteiger partial charge in [0.1, 0.15) is 5.82 Å². The standard InChI is InChI=1S/C13H18FN3O/c1-13(2-3-13)8-16-7-9-4-10(12(15)17-18)6-11(14)5-9/h4-6,16,18H,2-3,7-8H2,1H3,(H2,15,17). The molecule has 0 aliphatic heterocycles. The van der Waals surface area contributed by atoms with E-state index in [4.69, 9.17) is 10.9 Å². The molecule has 1 saturated carbocycles. The maximum absolute atomic E-state index is 13.4. The van der Waals surface area contributed by atoms with Gasteiger partial charge in [-0.15, -0.1) is 0 Å². The first kappa shape index (κ1) is 12.8. The number of nitrogens with one attached hydrogen (secondary N) is 1. The molecule has 0 bridgehead atoms. The van der Waals surface area contributed by atoms with E-state index in [1.807, 2.05) is 0 Å². The molecule has 0 unspecified atom stereocenters. The van der Waals surface area contributed by atoms with Gasteiger partial charge in [0.05, 0.1) is 0 Å². The fraction of sp³-hybridized carbons (Fsp3) is 0.462. The lowest BCUT2D eigenvalue weighted by Gasteiger charge is -2.11. The van der Waals surface area contributed by atoms with E-state index in [2.05, 4.69) is 17.4 Å². The Labute approximate surface area is 106 Å². The van der Waals surface area contributed by atoms with E-state index in [0.29, 0.717) is 17.5 Å². The third kappa shape index (κ3) is 3.20. The molecule has 1 aromatic rings. The summed E-state index contributed by atoms with van der Waals surface area (Å²) in [6.07, 6.45) is 2.50. The number of oxime groups is 1. The zero-order valence-electron chi connectivity index (χ0n) is 10.4. The second-order valence-electron chi connectivity index (χ2n) is 5.25. The summed E-state index contributed by atoms with van der Waals surface area (Å²) in [6, 6.07) is 4.43. The number of hydrogen-bond donors (Lipinski definition) is 3. The number of benzene rings is 1. The van der Waals surface area contributed by atoms with Crippen LogP contribution in [0.3, 0.4) is 0 Å². The smallest absolute Gasteiger partial charge is 0.170 e. The quantitative estimate of drug-likeness (QED) is 0.323. The molecule has 5 heteroatoms. The first-order chi connectivity index (χ1) is 8.52. The topological polar surface area (TPSA) is 70.6 Å². The van der Waals surface area contributed by atoms with Crippen LogP contribution in [0.4, 0.5) is 4.39 Å². The molecule has 1 fully saturated rings. The Hall–Kier alpha value is -1.62. The van der Waals surface area contributed by atoms with Crippen LogP contribution in [0.5, 0.6) is 0 Å². The molecule has 0 heterocycles. The van der Waals surface area contributed by atoms with Gasteiger partial charge in [-0.2, -0.15) is 0 Å². The molecule has 1 aliphatic rings. The maximum Gasteiger partial charge on any atom is 0.170 e. The molecule has 0 atom stereocenters. The van der Waals surface area contributed by atoms with Crippen molar-refractivity contribution in [1.82, 2.24) is 5.32 Å². The van der Waals surface area contributed by atoms with Crippen molar-refractivity contribution in [3.63, 3.8) is 0 Å². The largest absolute Gasteiger partial charge is 0.409 e. The predicted molar refractivity (Wildman–Crippen MR) is 68.0 cm³/mol. The molecule has 2 rings (SSSR count). The molecule has 1 aliphatic carbocycles.